The van der Waals surface area contributed by atoms with Gasteiger partial charge in [0.15, 0.2) is 11.6 Å². The van der Waals surface area contributed by atoms with Crippen LogP contribution in [0.4, 0.5) is 8.78 Å². The van der Waals surface area contributed by atoms with Crippen LogP contribution in [0.3, 0.4) is 0 Å². The molecule has 5 heteroatoms. The van der Waals surface area contributed by atoms with Gasteiger partial charge in [-0.2, -0.15) is 0 Å². The topological polar surface area (TPSA) is 47.3 Å². The number of rotatable bonds is 7. The molecule has 2 atom stereocenters. The lowest BCUT2D eigenvalue weighted by molar-refractivity contribution is -0.0552. The lowest BCUT2D eigenvalue weighted by Crippen LogP contribution is -2.54. The normalized spacial score (nSPS) is 16.1. The minimum atomic E-state index is -0.845. The average molecular weight is 272 g/mol. The Morgan fingerprint density at radius 1 is 1.37 bits per heavy atom. The molecule has 0 amide bonds. The Balaban J connectivity index is 2.95. The molecule has 0 heterocycles. The highest BCUT2D eigenvalue weighted by Crippen LogP contribution is 2.24. The first-order chi connectivity index (χ1) is 8.98. The van der Waals surface area contributed by atoms with E-state index in [4.69, 9.17) is 10.6 Å². The number of ether oxygens (including phenoxy) is 1. The van der Waals surface area contributed by atoms with E-state index in [2.05, 4.69) is 5.43 Å². The van der Waals surface area contributed by atoms with Crippen molar-refractivity contribution in [2.24, 2.45) is 5.84 Å². The number of nitrogens with one attached hydrogen (secondary N) is 1. The third-order valence-electron chi connectivity index (χ3n) is 3.57. The molecule has 0 aromatic heterocycles. The lowest BCUT2D eigenvalue weighted by atomic mass is 9.88. The van der Waals surface area contributed by atoms with Gasteiger partial charge >= 0.3 is 0 Å². The summed E-state index contributed by atoms with van der Waals surface area (Å²) in [6.45, 7) is 6.32. The Morgan fingerprint density at radius 3 is 2.58 bits per heavy atom. The van der Waals surface area contributed by atoms with Crippen LogP contribution >= 0.6 is 0 Å². The van der Waals surface area contributed by atoms with Crippen molar-refractivity contribution >= 4 is 0 Å². The van der Waals surface area contributed by atoms with Crippen LogP contribution in [0.5, 0.6) is 0 Å². The first kappa shape index (κ1) is 16.0. The van der Waals surface area contributed by atoms with Crippen molar-refractivity contribution in [3.05, 3.63) is 35.4 Å². The zero-order valence-electron chi connectivity index (χ0n) is 11.7. The summed E-state index contributed by atoms with van der Waals surface area (Å²) in [5.41, 5.74) is 2.43. The standard InChI is InChI=1S/C14H22F2N2O/c1-4-14(3,19-5-2)12(18-17)9-10-7-6-8-11(15)13(10)16/h6-8,12,18H,4-5,9,17H2,1-3H3. The van der Waals surface area contributed by atoms with Crippen molar-refractivity contribution in [1.82, 2.24) is 5.43 Å². The van der Waals surface area contributed by atoms with Gasteiger partial charge in [0.1, 0.15) is 0 Å². The van der Waals surface area contributed by atoms with Crippen LogP contribution in [-0.2, 0) is 11.2 Å². The summed E-state index contributed by atoms with van der Waals surface area (Å²) in [6, 6.07) is 3.86. The molecular formula is C14H22F2N2O. The fourth-order valence-corrected chi connectivity index (χ4v) is 2.16. The Kier molecular flexibility index (Phi) is 5.85. The summed E-state index contributed by atoms with van der Waals surface area (Å²) < 4.78 is 32.6. The number of halogens is 2. The maximum Gasteiger partial charge on any atom is 0.162 e. The average Bonchev–Trinajstić information content (AvgIpc) is 2.40. The van der Waals surface area contributed by atoms with Crippen LogP contribution in [0, 0.1) is 11.6 Å². The molecule has 19 heavy (non-hydrogen) atoms. The van der Waals surface area contributed by atoms with E-state index in [1.807, 2.05) is 20.8 Å². The van der Waals surface area contributed by atoms with Crippen molar-refractivity contribution in [2.45, 2.75) is 45.3 Å². The number of nitrogens with two attached hydrogens (primary N) is 1. The van der Waals surface area contributed by atoms with Crippen LogP contribution in [0.1, 0.15) is 32.8 Å². The number of hydrazine groups is 1. The maximum absolute atomic E-state index is 13.7. The van der Waals surface area contributed by atoms with Gasteiger partial charge in [0.2, 0.25) is 0 Å². The van der Waals surface area contributed by atoms with E-state index >= 15 is 0 Å². The molecule has 1 aromatic rings. The van der Waals surface area contributed by atoms with Gasteiger partial charge in [-0.15, -0.1) is 0 Å². The second kappa shape index (κ2) is 6.93. The molecule has 0 saturated heterocycles. The molecular weight excluding hydrogens is 250 g/mol. The first-order valence-corrected chi connectivity index (χ1v) is 6.51. The molecule has 3 N–H and O–H groups in total. The third kappa shape index (κ3) is 3.72. The summed E-state index contributed by atoms with van der Waals surface area (Å²) in [6.07, 6.45) is 0.983. The Morgan fingerprint density at radius 2 is 2.05 bits per heavy atom. The predicted molar refractivity (Wildman–Crippen MR) is 71.5 cm³/mol. The molecule has 1 aromatic carbocycles. The molecule has 0 radical (unpaired) electrons. The summed E-state index contributed by atoms with van der Waals surface area (Å²) >= 11 is 0. The predicted octanol–water partition coefficient (Wildman–Crippen LogP) is 2.54. The van der Waals surface area contributed by atoms with Crippen molar-refractivity contribution in [3.63, 3.8) is 0 Å². The van der Waals surface area contributed by atoms with Gasteiger partial charge < -0.3 is 4.74 Å². The molecule has 0 aliphatic heterocycles. The number of hydrogen-bond acceptors (Lipinski definition) is 3. The molecule has 0 fully saturated rings. The van der Waals surface area contributed by atoms with Gasteiger partial charge in [0.25, 0.3) is 0 Å². The van der Waals surface area contributed by atoms with Crippen LogP contribution in [-0.4, -0.2) is 18.2 Å². The van der Waals surface area contributed by atoms with E-state index < -0.39 is 17.2 Å². The van der Waals surface area contributed by atoms with Gasteiger partial charge in [-0.25, -0.2) is 8.78 Å². The van der Waals surface area contributed by atoms with Crippen molar-refractivity contribution in [2.75, 3.05) is 6.61 Å². The van der Waals surface area contributed by atoms with E-state index in [-0.39, 0.29) is 12.5 Å². The van der Waals surface area contributed by atoms with Crippen molar-refractivity contribution < 1.29 is 13.5 Å². The smallest absolute Gasteiger partial charge is 0.162 e. The van der Waals surface area contributed by atoms with Crippen LogP contribution in [0.15, 0.2) is 18.2 Å². The van der Waals surface area contributed by atoms with Crippen molar-refractivity contribution in [1.29, 1.82) is 0 Å². The molecule has 2 unspecified atom stereocenters. The fraction of sp³-hybridized carbons (Fsp3) is 0.571. The molecule has 0 saturated carbocycles. The van der Waals surface area contributed by atoms with Gasteiger partial charge in [0, 0.05) is 6.61 Å². The summed E-state index contributed by atoms with van der Waals surface area (Å²) in [5.74, 6) is 3.89. The van der Waals surface area contributed by atoms with Gasteiger partial charge in [-0.05, 0) is 38.3 Å². The Labute approximate surface area is 113 Å². The van der Waals surface area contributed by atoms with Gasteiger partial charge in [-0.1, -0.05) is 19.1 Å². The molecule has 0 spiro atoms. The van der Waals surface area contributed by atoms with E-state index in [1.54, 1.807) is 6.07 Å². The molecule has 0 bridgehead atoms. The SMILES string of the molecule is CCOC(C)(CC)C(Cc1cccc(F)c1F)NN. The van der Waals surface area contributed by atoms with E-state index in [0.717, 1.165) is 6.07 Å². The van der Waals surface area contributed by atoms with Crippen LogP contribution in [0.2, 0.25) is 0 Å². The maximum atomic E-state index is 13.7. The zero-order valence-corrected chi connectivity index (χ0v) is 11.7. The molecule has 3 nitrogen and oxygen atoms in total. The van der Waals surface area contributed by atoms with Crippen LogP contribution in [0.25, 0.3) is 0 Å². The fourth-order valence-electron chi connectivity index (χ4n) is 2.16. The second-order valence-corrected chi connectivity index (χ2v) is 4.74. The Hall–Kier alpha value is -1.04. The quantitative estimate of drug-likeness (QED) is 0.592. The van der Waals surface area contributed by atoms with Gasteiger partial charge in [0.05, 0.1) is 11.6 Å². The number of benzene rings is 1. The van der Waals surface area contributed by atoms with E-state index in [1.165, 1.54) is 6.07 Å². The van der Waals surface area contributed by atoms with Crippen molar-refractivity contribution in [3.8, 4) is 0 Å². The monoisotopic (exact) mass is 272 g/mol. The highest BCUT2D eigenvalue weighted by atomic mass is 19.2. The third-order valence-corrected chi connectivity index (χ3v) is 3.57. The summed E-state index contributed by atoms with van der Waals surface area (Å²) in [5, 5.41) is 0. The van der Waals surface area contributed by atoms with Gasteiger partial charge in [-0.3, -0.25) is 11.3 Å². The van der Waals surface area contributed by atoms with Crippen LogP contribution < -0.4 is 11.3 Å². The highest BCUT2D eigenvalue weighted by Gasteiger charge is 2.33. The van der Waals surface area contributed by atoms with E-state index in [9.17, 15) is 8.78 Å². The second-order valence-electron chi connectivity index (χ2n) is 4.74. The summed E-state index contributed by atoms with van der Waals surface area (Å²) in [4.78, 5) is 0. The lowest BCUT2D eigenvalue weighted by Gasteiger charge is -2.36. The number of hydrogen-bond donors (Lipinski definition) is 2. The molecule has 0 aliphatic carbocycles. The molecule has 1 rings (SSSR count). The molecule has 108 valence electrons. The Bertz CT molecular complexity index is 414. The minimum absolute atomic E-state index is 0.268. The highest BCUT2D eigenvalue weighted by molar-refractivity contribution is 5.20. The first-order valence-electron chi connectivity index (χ1n) is 6.51. The minimum Gasteiger partial charge on any atom is -0.374 e. The largest absolute Gasteiger partial charge is 0.374 e. The molecule has 0 aliphatic rings. The van der Waals surface area contributed by atoms with E-state index in [0.29, 0.717) is 18.6 Å². The summed E-state index contributed by atoms with van der Waals surface area (Å²) in [7, 11) is 0. The zero-order chi connectivity index (χ0) is 14.5.